The number of hydrogen-bond acceptors (Lipinski definition) is 3. The summed E-state index contributed by atoms with van der Waals surface area (Å²) in [5.74, 6) is -1.27. The highest BCUT2D eigenvalue weighted by Crippen LogP contribution is 2.12. The number of amides is 1. The lowest BCUT2D eigenvalue weighted by molar-refractivity contribution is -0.141. The van der Waals surface area contributed by atoms with Crippen LogP contribution in [0.4, 0.5) is 0 Å². The van der Waals surface area contributed by atoms with E-state index >= 15 is 0 Å². The lowest BCUT2D eigenvalue weighted by Crippen LogP contribution is -2.41. The fraction of sp³-hybridized carbons (Fsp3) is 0.615. The summed E-state index contributed by atoms with van der Waals surface area (Å²) in [6, 6.07) is -0.810. The van der Waals surface area contributed by atoms with E-state index in [1.807, 2.05) is 27.8 Å². The van der Waals surface area contributed by atoms with E-state index in [0.717, 1.165) is 17.0 Å². The Hall–Kier alpha value is -1.85. The number of rotatable bonds is 6. The van der Waals surface area contributed by atoms with Crippen molar-refractivity contribution in [1.29, 1.82) is 0 Å². The Morgan fingerprint density at radius 1 is 1.42 bits per heavy atom. The fourth-order valence-corrected chi connectivity index (χ4v) is 2.03. The number of aliphatic carboxylic acids is 1. The Balaban J connectivity index is 2.71. The highest BCUT2D eigenvalue weighted by atomic mass is 16.4. The maximum atomic E-state index is 11.9. The Morgan fingerprint density at radius 2 is 2.05 bits per heavy atom. The minimum atomic E-state index is -0.991. The zero-order chi connectivity index (χ0) is 14.6. The molecule has 1 unspecified atom stereocenters. The highest BCUT2D eigenvalue weighted by Gasteiger charge is 2.20. The van der Waals surface area contributed by atoms with Crippen LogP contribution < -0.4 is 5.32 Å². The topological polar surface area (TPSA) is 84.2 Å². The smallest absolute Gasteiger partial charge is 0.326 e. The molecule has 2 N–H and O–H groups in total. The summed E-state index contributed by atoms with van der Waals surface area (Å²) >= 11 is 0. The van der Waals surface area contributed by atoms with Gasteiger partial charge in [0, 0.05) is 18.3 Å². The van der Waals surface area contributed by atoms with Crippen LogP contribution in [0.1, 0.15) is 36.7 Å². The van der Waals surface area contributed by atoms with Crippen molar-refractivity contribution in [3.63, 3.8) is 0 Å². The number of nitrogens with zero attached hydrogens (tertiary/aromatic N) is 2. The van der Waals surface area contributed by atoms with Gasteiger partial charge in [0.2, 0.25) is 5.91 Å². The van der Waals surface area contributed by atoms with Crippen molar-refractivity contribution in [3.05, 3.63) is 17.0 Å². The minimum absolute atomic E-state index is 0.166. The van der Waals surface area contributed by atoms with Gasteiger partial charge in [0.1, 0.15) is 6.04 Å². The molecule has 0 aromatic carbocycles. The molecular formula is C13H21N3O3. The second kappa shape index (κ2) is 6.36. The van der Waals surface area contributed by atoms with Crippen LogP contribution in [0, 0.1) is 13.8 Å². The average molecular weight is 267 g/mol. The van der Waals surface area contributed by atoms with Gasteiger partial charge < -0.3 is 10.4 Å². The molecule has 106 valence electrons. The van der Waals surface area contributed by atoms with Crippen LogP contribution in [0.25, 0.3) is 0 Å². The Morgan fingerprint density at radius 3 is 2.47 bits per heavy atom. The predicted molar refractivity (Wildman–Crippen MR) is 70.9 cm³/mol. The van der Waals surface area contributed by atoms with Crippen LogP contribution >= 0.6 is 0 Å². The van der Waals surface area contributed by atoms with Crippen molar-refractivity contribution in [2.24, 2.45) is 7.05 Å². The monoisotopic (exact) mass is 267 g/mol. The molecule has 6 heteroatoms. The van der Waals surface area contributed by atoms with Crippen molar-refractivity contribution in [2.45, 2.75) is 46.1 Å². The van der Waals surface area contributed by atoms with Gasteiger partial charge in [-0.05, 0) is 20.3 Å². The van der Waals surface area contributed by atoms with Crippen LogP contribution in [0.3, 0.4) is 0 Å². The number of aromatic nitrogens is 2. The van der Waals surface area contributed by atoms with Gasteiger partial charge in [-0.2, -0.15) is 5.10 Å². The molecule has 0 saturated carbocycles. The van der Waals surface area contributed by atoms with Crippen molar-refractivity contribution >= 4 is 11.9 Å². The first-order valence-electron chi connectivity index (χ1n) is 6.38. The maximum absolute atomic E-state index is 11.9. The molecule has 6 nitrogen and oxygen atoms in total. The van der Waals surface area contributed by atoms with Crippen LogP contribution in [-0.2, 0) is 23.1 Å². The first kappa shape index (κ1) is 15.2. The van der Waals surface area contributed by atoms with Crippen molar-refractivity contribution in [3.8, 4) is 0 Å². The standard InChI is InChI=1S/C13H21N3O3/c1-5-6-11(13(18)19)14-12(17)7-10-8(2)15-16(4)9(10)3/h11H,5-7H2,1-4H3,(H,14,17)(H,18,19). The molecule has 1 atom stereocenters. The summed E-state index contributed by atoms with van der Waals surface area (Å²) in [4.78, 5) is 22.9. The molecule has 0 spiro atoms. The Labute approximate surface area is 112 Å². The average Bonchev–Trinajstić information content (AvgIpc) is 2.55. The Kier molecular flexibility index (Phi) is 5.09. The number of carbonyl (C=O) groups is 2. The van der Waals surface area contributed by atoms with Crippen LogP contribution in [0.15, 0.2) is 0 Å². The fourth-order valence-electron chi connectivity index (χ4n) is 2.03. The molecule has 1 rings (SSSR count). The van der Waals surface area contributed by atoms with E-state index in [1.54, 1.807) is 4.68 Å². The van der Waals surface area contributed by atoms with Gasteiger partial charge in [0.15, 0.2) is 0 Å². The zero-order valence-electron chi connectivity index (χ0n) is 11.9. The number of hydrogen-bond donors (Lipinski definition) is 2. The van der Waals surface area contributed by atoms with Gasteiger partial charge in [-0.1, -0.05) is 13.3 Å². The molecule has 0 aliphatic rings. The number of carboxylic acids is 1. The second-order valence-corrected chi connectivity index (χ2v) is 4.70. The zero-order valence-corrected chi connectivity index (χ0v) is 11.9. The molecule has 0 aliphatic carbocycles. The molecule has 1 heterocycles. The summed E-state index contributed by atoms with van der Waals surface area (Å²) in [6.45, 7) is 5.62. The van der Waals surface area contributed by atoms with E-state index in [-0.39, 0.29) is 12.3 Å². The maximum Gasteiger partial charge on any atom is 0.326 e. The first-order chi connectivity index (χ1) is 8.86. The van der Waals surface area contributed by atoms with E-state index in [4.69, 9.17) is 5.11 Å². The molecule has 1 aromatic heterocycles. The molecule has 0 aliphatic heterocycles. The molecule has 1 aromatic rings. The lowest BCUT2D eigenvalue weighted by Gasteiger charge is -2.13. The number of aryl methyl sites for hydroxylation is 2. The van der Waals surface area contributed by atoms with Crippen LogP contribution in [0.5, 0.6) is 0 Å². The molecule has 1 amide bonds. The SMILES string of the molecule is CCCC(NC(=O)Cc1c(C)nn(C)c1C)C(=O)O. The minimum Gasteiger partial charge on any atom is -0.480 e. The second-order valence-electron chi connectivity index (χ2n) is 4.70. The van der Waals surface area contributed by atoms with Crippen molar-refractivity contribution < 1.29 is 14.7 Å². The molecule has 0 fully saturated rings. The normalized spacial score (nSPS) is 12.2. The summed E-state index contributed by atoms with van der Waals surface area (Å²) in [5.41, 5.74) is 2.59. The predicted octanol–water partition coefficient (Wildman–Crippen LogP) is 0.949. The van der Waals surface area contributed by atoms with Gasteiger partial charge >= 0.3 is 5.97 Å². The van der Waals surface area contributed by atoms with E-state index in [9.17, 15) is 9.59 Å². The van der Waals surface area contributed by atoms with Gasteiger partial charge in [0.05, 0.1) is 12.1 Å². The van der Waals surface area contributed by atoms with Crippen LogP contribution in [-0.4, -0.2) is 32.8 Å². The number of carbonyl (C=O) groups excluding carboxylic acids is 1. The first-order valence-corrected chi connectivity index (χ1v) is 6.38. The Bertz CT molecular complexity index is 480. The number of nitrogens with one attached hydrogen (secondary N) is 1. The largest absolute Gasteiger partial charge is 0.480 e. The van der Waals surface area contributed by atoms with E-state index in [2.05, 4.69) is 10.4 Å². The number of carboxylic acid groups (broad SMARTS) is 1. The van der Waals surface area contributed by atoms with Gasteiger partial charge in [-0.15, -0.1) is 0 Å². The van der Waals surface area contributed by atoms with Gasteiger partial charge in [-0.3, -0.25) is 9.48 Å². The third-order valence-electron chi connectivity index (χ3n) is 3.21. The molecule has 0 radical (unpaired) electrons. The van der Waals surface area contributed by atoms with Crippen molar-refractivity contribution in [1.82, 2.24) is 15.1 Å². The van der Waals surface area contributed by atoms with Crippen molar-refractivity contribution in [2.75, 3.05) is 0 Å². The quantitative estimate of drug-likeness (QED) is 0.803. The molecular weight excluding hydrogens is 246 g/mol. The van der Waals surface area contributed by atoms with E-state index in [0.29, 0.717) is 12.8 Å². The summed E-state index contributed by atoms with van der Waals surface area (Å²) in [7, 11) is 1.82. The van der Waals surface area contributed by atoms with E-state index in [1.165, 1.54) is 0 Å². The van der Waals surface area contributed by atoms with Gasteiger partial charge in [0.25, 0.3) is 0 Å². The van der Waals surface area contributed by atoms with Crippen LogP contribution in [0.2, 0.25) is 0 Å². The third kappa shape index (κ3) is 3.81. The summed E-state index contributed by atoms with van der Waals surface area (Å²) < 4.78 is 1.72. The third-order valence-corrected chi connectivity index (χ3v) is 3.21. The summed E-state index contributed by atoms with van der Waals surface area (Å²) in [6.07, 6.45) is 1.31. The highest BCUT2D eigenvalue weighted by molar-refractivity contribution is 5.85. The summed E-state index contributed by atoms with van der Waals surface area (Å²) in [5, 5.41) is 15.8. The molecule has 0 bridgehead atoms. The lowest BCUT2D eigenvalue weighted by atomic mass is 10.1. The van der Waals surface area contributed by atoms with Gasteiger partial charge in [-0.25, -0.2) is 4.79 Å². The molecule has 19 heavy (non-hydrogen) atoms. The molecule has 0 saturated heterocycles. The van der Waals surface area contributed by atoms with E-state index < -0.39 is 12.0 Å².